The Morgan fingerprint density at radius 2 is 1.63 bits per heavy atom. The molecule has 0 unspecified atom stereocenters. The van der Waals surface area contributed by atoms with E-state index in [1.165, 1.54) is 0 Å². The normalized spacial score (nSPS) is 16.4. The van der Waals surface area contributed by atoms with Crippen LogP contribution in [0, 0.1) is 0 Å². The number of oxazole rings is 1. The summed E-state index contributed by atoms with van der Waals surface area (Å²) in [6, 6.07) is 7.07. The van der Waals surface area contributed by atoms with Crippen molar-refractivity contribution < 1.29 is 12.8 Å². The van der Waals surface area contributed by atoms with E-state index in [1.807, 2.05) is 39.8 Å². The van der Waals surface area contributed by atoms with Crippen LogP contribution < -0.4 is 4.90 Å². The molecule has 1 aliphatic heterocycles. The quantitative estimate of drug-likeness (QED) is 0.754. The average molecular weight is 391 g/mol. The Morgan fingerprint density at radius 3 is 2.15 bits per heavy atom. The van der Waals surface area contributed by atoms with Crippen molar-refractivity contribution in [1.29, 1.82) is 0 Å². The lowest BCUT2D eigenvalue weighted by Gasteiger charge is -2.20. The van der Waals surface area contributed by atoms with Gasteiger partial charge in [0.15, 0.2) is 0 Å². The number of anilines is 1. The molecule has 1 aromatic carbocycles. The summed E-state index contributed by atoms with van der Waals surface area (Å²) in [7, 11) is -3.74. The Morgan fingerprint density at radius 1 is 1.04 bits per heavy atom. The molecule has 27 heavy (non-hydrogen) atoms. The van der Waals surface area contributed by atoms with Gasteiger partial charge in [-0.25, -0.2) is 8.42 Å². The van der Waals surface area contributed by atoms with E-state index in [2.05, 4.69) is 9.88 Å². The second-order valence-electron chi connectivity index (χ2n) is 8.28. The zero-order valence-corrected chi connectivity index (χ0v) is 17.6. The van der Waals surface area contributed by atoms with E-state index >= 15 is 0 Å². The molecule has 0 N–H and O–H groups in total. The first-order chi connectivity index (χ1) is 12.7. The minimum absolute atomic E-state index is 0.0542. The van der Waals surface area contributed by atoms with Crippen molar-refractivity contribution in [2.45, 2.75) is 75.1 Å². The maximum absolute atomic E-state index is 13.4. The van der Waals surface area contributed by atoms with Crippen molar-refractivity contribution in [3.05, 3.63) is 35.7 Å². The Kier molecular flexibility index (Phi) is 5.65. The van der Waals surface area contributed by atoms with Crippen LogP contribution in [0.25, 0.3) is 0 Å². The summed E-state index contributed by atoms with van der Waals surface area (Å²) in [5.41, 5.74) is 0.748. The van der Waals surface area contributed by atoms with Crippen LogP contribution in [0.1, 0.15) is 64.8 Å². The number of nitrogens with zero attached hydrogens (tertiary/aromatic N) is 2. The topological polar surface area (TPSA) is 63.4 Å². The SMILES string of the molecule is CCc1ccc(S(=O)(=O)c2nc(C(C)(C)C)oc2N2CCCCCC2)cc1. The molecule has 148 valence electrons. The molecule has 3 rings (SSSR count). The van der Waals surface area contributed by atoms with Crippen molar-refractivity contribution in [2.75, 3.05) is 18.0 Å². The molecule has 1 fully saturated rings. The Labute approximate surface area is 162 Å². The van der Waals surface area contributed by atoms with Crippen molar-refractivity contribution >= 4 is 15.7 Å². The highest BCUT2D eigenvalue weighted by atomic mass is 32.2. The summed E-state index contributed by atoms with van der Waals surface area (Å²) in [6.07, 6.45) is 5.28. The number of benzene rings is 1. The van der Waals surface area contributed by atoms with Crippen LogP contribution >= 0.6 is 0 Å². The predicted molar refractivity (Wildman–Crippen MR) is 107 cm³/mol. The van der Waals surface area contributed by atoms with Gasteiger partial charge in [0, 0.05) is 18.5 Å². The number of sulfone groups is 1. The van der Waals surface area contributed by atoms with Crippen LogP contribution in [-0.2, 0) is 21.7 Å². The fourth-order valence-corrected chi connectivity index (χ4v) is 4.60. The summed E-state index contributed by atoms with van der Waals surface area (Å²) in [5, 5.41) is 0.0542. The molecule has 2 heterocycles. The molecule has 1 aromatic heterocycles. The van der Waals surface area contributed by atoms with Gasteiger partial charge < -0.3 is 9.32 Å². The standard InChI is InChI=1S/C21H30N2O3S/c1-5-16-10-12-17(13-11-16)27(24,25)18-19(23-14-8-6-7-9-15-23)26-20(22-18)21(2,3)4/h10-13H,5-9,14-15H2,1-4H3. The van der Waals surface area contributed by atoms with Crippen molar-refractivity contribution in [3.63, 3.8) is 0 Å². The van der Waals surface area contributed by atoms with E-state index in [9.17, 15) is 8.42 Å². The second kappa shape index (κ2) is 7.66. The van der Waals surface area contributed by atoms with E-state index in [0.29, 0.717) is 11.8 Å². The maximum Gasteiger partial charge on any atom is 0.236 e. The van der Waals surface area contributed by atoms with Crippen LogP contribution in [0.3, 0.4) is 0 Å². The molecule has 0 spiro atoms. The smallest absolute Gasteiger partial charge is 0.236 e. The fourth-order valence-electron chi connectivity index (χ4n) is 3.28. The monoisotopic (exact) mass is 390 g/mol. The Hall–Kier alpha value is -1.82. The number of hydrogen-bond acceptors (Lipinski definition) is 5. The van der Waals surface area contributed by atoms with Gasteiger partial charge in [-0.05, 0) is 37.0 Å². The average Bonchev–Trinajstić information content (AvgIpc) is 2.93. The molecular weight excluding hydrogens is 360 g/mol. The first kappa shape index (κ1) is 19.9. The highest BCUT2D eigenvalue weighted by Crippen LogP contribution is 2.36. The lowest BCUT2D eigenvalue weighted by atomic mass is 9.97. The van der Waals surface area contributed by atoms with Crippen molar-refractivity contribution in [1.82, 2.24) is 4.98 Å². The summed E-state index contributed by atoms with van der Waals surface area (Å²) in [5.74, 6) is 0.867. The van der Waals surface area contributed by atoms with Gasteiger partial charge in [0.1, 0.15) is 0 Å². The number of hydrogen-bond donors (Lipinski definition) is 0. The molecule has 1 saturated heterocycles. The Balaban J connectivity index is 2.09. The molecule has 0 atom stereocenters. The minimum atomic E-state index is -3.74. The van der Waals surface area contributed by atoms with Crippen LogP contribution in [0.4, 0.5) is 5.88 Å². The molecule has 0 radical (unpaired) electrons. The van der Waals surface area contributed by atoms with E-state index in [0.717, 1.165) is 50.8 Å². The third kappa shape index (κ3) is 4.21. The van der Waals surface area contributed by atoms with Crippen LogP contribution in [0.5, 0.6) is 0 Å². The second-order valence-corrected chi connectivity index (χ2v) is 10.1. The van der Waals surface area contributed by atoms with E-state index < -0.39 is 9.84 Å². The highest BCUT2D eigenvalue weighted by molar-refractivity contribution is 7.91. The molecule has 0 amide bonds. The zero-order valence-electron chi connectivity index (χ0n) is 16.8. The van der Waals surface area contributed by atoms with Gasteiger partial charge >= 0.3 is 0 Å². The van der Waals surface area contributed by atoms with Crippen LogP contribution in [-0.4, -0.2) is 26.5 Å². The summed E-state index contributed by atoms with van der Waals surface area (Å²) < 4.78 is 32.8. The summed E-state index contributed by atoms with van der Waals surface area (Å²) >= 11 is 0. The van der Waals surface area contributed by atoms with E-state index in [4.69, 9.17) is 4.42 Å². The largest absolute Gasteiger partial charge is 0.423 e. The third-order valence-corrected chi connectivity index (χ3v) is 6.68. The molecule has 0 saturated carbocycles. The highest BCUT2D eigenvalue weighted by Gasteiger charge is 2.34. The molecule has 5 nitrogen and oxygen atoms in total. The van der Waals surface area contributed by atoms with Crippen molar-refractivity contribution in [2.24, 2.45) is 0 Å². The van der Waals surface area contributed by atoms with E-state index in [1.54, 1.807) is 12.1 Å². The van der Waals surface area contributed by atoms with Crippen LogP contribution in [0.2, 0.25) is 0 Å². The third-order valence-electron chi connectivity index (χ3n) is 5.01. The number of rotatable bonds is 4. The minimum Gasteiger partial charge on any atom is -0.423 e. The van der Waals surface area contributed by atoms with Gasteiger partial charge in [0.25, 0.3) is 0 Å². The first-order valence-electron chi connectivity index (χ1n) is 9.84. The first-order valence-corrected chi connectivity index (χ1v) is 11.3. The van der Waals surface area contributed by atoms with Gasteiger partial charge in [-0.3, -0.25) is 0 Å². The predicted octanol–water partition coefficient (Wildman–Crippen LogP) is 4.75. The Bertz CT molecular complexity index is 869. The van der Waals surface area contributed by atoms with Gasteiger partial charge in [-0.1, -0.05) is 52.7 Å². The molecule has 0 aliphatic carbocycles. The van der Waals surface area contributed by atoms with E-state index in [-0.39, 0.29) is 15.3 Å². The maximum atomic E-state index is 13.4. The van der Waals surface area contributed by atoms with Gasteiger partial charge in [-0.2, -0.15) is 4.98 Å². The molecular formula is C21H30N2O3S. The molecule has 1 aliphatic rings. The zero-order chi connectivity index (χ0) is 19.7. The molecule has 0 bridgehead atoms. The lowest BCUT2D eigenvalue weighted by Crippen LogP contribution is -2.25. The van der Waals surface area contributed by atoms with Crippen molar-refractivity contribution in [3.8, 4) is 0 Å². The van der Waals surface area contributed by atoms with Gasteiger partial charge in [0.2, 0.25) is 26.6 Å². The lowest BCUT2D eigenvalue weighted by molar-refractivity contribution is 0.391. The van der Waals surface area contributed by atoms with Crippen LogP contribution in [0.15, 0.2) is 38.6 Å². The van der Waals surface area contributed by atoms with Gasteiger partial charge in [-0.15, -0.1) is 0 Å². The number of aromatic nitrogens is 1. The molecule has 6 heteroatoms. The van der Waals surface area contributed by atoms with Gasteiger partial charge in [0.05, 0.1) is 4.90 Å². The summed E-state index contributed by atoms with van der Waals surface area (Å²) in [4.78, 5) is 6.81. The fraction of sp³-hybridized carbons (Fsp3) is 0.571. The number of aryl methyl sites for hydroxylation is 1. The molecule has 2 aromatic rings. The summed E-state index contributed by atoms with van der Waals surface area (Å²) in [6.45, 7) is 9.60.